The zero-order valence-corrected chi connectivity index (χ0v) is 15.2. The number of alkyl halides is 3. The number of hydrogen-bond donors (Lipinski definition) is 1. The van der Waals surface area contributed by atoms with E-state index < -0.39 is 30.6 Å². The Bertz CT molecular complexity index is 821. The minimum Gasteiger partial charge on any atom is -0.452 e. The van der Waals surface area contributed by atoms with Gasteiger partial charge in [0, 0.05) is 31.9 Å². The number of carbonyl (C=O) groups is 2. The fourth-order valence-electron chi connectivity index (χ4n) is 2.23. The predicted molar refractivity (Wildman–Crippen MR) is 96.0 cm³/mol. The number of hydrogen-bond acceptors (Lipinski definition) is 5. The summed E-state index contributed by atoms with van der Waals surface area (Å²) in [6.07, 6.45) is -4.84. The van der Waals surface area contributed by atoms with Crippen molar-refractivity contribution in [2.24, 2.45) is 0 Å². The highest BCUT2D eigenvalue weighted by molar-refractivity contribution is 5.91. The summed E-state index contributed by atoms with van der Waals surface area (Å²) < 4.78 is 46.0. The molecule has 0 aromatic heterocycles. The Morgan fingerprint density at radius 2 is 1.68 bits per heavy atom. The van der Waals surface area contributed by atoms with Crippen LogP contribution < -0.4 is 15.0 Å². The third kappa shape index (κ3) is 6.49. The van der Waals surface area contributed by atoms with Crippen LogP contribution in [0.3, 0.4) is 0 Å². The topological polar surface area (TPSA) is 67.9 Å². The number of amides is 1. The van der Waals surface area contributed by atoms with Crippen molar-refractivity contribution < 1.29 is 32.2 Å². The molecule has 1 N–H and O–H groups in total. The Labute approximate surface area is 159 Å². The van der Waals surface area contributed by atoms with Gasteiger partial charge in [-0.05, 0) is 30.3 Å². The van der Waals surface area contributed by atoms with Gasteiger partial charge in [0.15, 0.2) is 6.61 Å². The van der Waals surface area contributed by atoms with E-state index in [1.807, 2.05) is 19.0 Å². The summed E-state index contributed by atoms with van der Waals surface area (Å²) in [5.74, 6) is -1.74. The van der Waals surface area contributed by atoms with Gasteiger partial charge in [0.2, 0.25) is 0 Å². The Balaban J connectivity index is 1.85. The summed E-state index contributed by atoms with van der Waals surface area (Å²) in [5, 5.41) is 2.39. The van der Waals surface area contributed by atoms with E-state index in [-0.39, 0.29) is 17.7 Å². The van der Waals surface area contributed by atoms with Gasteiger partial charge < -0.3 is 19.7 Å². The van der Waals surface area contributed by atoms with Crippen LogP contribution in [-0.2, 0) is 16.1 Å². The van der Waals surface area contributed by atoms with Crippen molar-refractivity contribution in [3.8, 4) is 5.75 Å². The van der Waals surface area contributed by atoms with E-state index in [2.05, 4.69) is 10.1 Å². The number of rotatable bonds is 7. The molecule has 28 heavy (non-hydrogen) atoms. The fourth-order valence-corrected chi connectivity index (χ4v) is 2.23. The summed E-state index contributed by atoms with van der Waals surface area (Å²) >= 11 is 0. The second-order valence-corrected chi connectivity index (χ2v) is 5.95. The van der Waals surface area contributed by atoms with Crippen LogP contribution in [-0.4, -0.2) is 38.9 Å². The average Bonchev–Trinajstić information content (AvgIpc) is 2.64. The number of nitrogens with one attached hydrogen (secondary N) is 1. The van der Waals surface area contributed by atoms with Crippen LogP contribution in [0.2, 0.25) is 0 Å². The van der Waals surface area contributed by atoms with E-state index in [1.165, 1.54) is 18.2 Å². The van der Waals surface area contributed by atoms with E-state index in [9.17, 15) is 22.8 Å². The Kier molecular flexibility index (Phi) is 6.86. The molecule has 2 aromatic carbocycles. The van der Waals surface area contributed by atoms with Crippen molar-refractivity contribution in [2.75, 3.05) is 25.6 Å². The summed E-state index contributed by atoms with van der Waals surface area (Å²) in [4.78, 5) is 25.7. The molecule has 0 spiro atoms. The molecular weight excluding hydrogens is 377 g/mol. The van der Waals surface area contributed by atoms with Gasteiger partial charge in [0.05, 0.1) is 5.56 Å². The molecule has 0 aliphatic heterocycles. The van der Waals surface area contributed by atoms with Crippen molar-refractivity contribution >= 4 is 17.6 Å². The van der Waals surface area contributed by atoms with Crippen LogP contribution in [0.25, 0.3) is 0 Å². The lowest BCUT2D eigenvalue weighted by Crippen LogP contribution is -2.29. The first-order valence-corrected chi connectivity index (χ1v) is 8.20. The quantitative estimate of drug-likeness (QED) is 0.729. The maximum atomic E-state index is 12.4. The first-order valence-electron chi connectivity index (χ1n) is 8.20. The number of esters is 1. The number of para-hydroxylation sites is 1. The van der Waals surface area contributed by atoms with E-state index in [0.29, 0.717) is 0 Å². The number of benzene rings is 2. The monoisotopic (exact) mass is 396 g/mol. The Morgan fingerprint density at radius 3 is 2.29 bits per heavy atom. The smallest absolute Gasteiger partial charge is 0.452 e. The lowest BCUT2D eigenvalue weighted by molar-refractivity contribution is -0.274. The Morgan fingerprint density at radius 1 is 1.04 bits per heavy atom. The van der Waals surface area contributed by atoms with Crippen LogP contribution in [0, 0.1) is 0 Å². The van der Waals surface area contributed by atoms with Gasteiger partial charge in [-0.3, -0.25) is 4.79 Å². The lowest BCUT2D eigenvalue weighted by Gasteiger charge is -2.14. The molecule has 6 nitrogen and oxygen atoms in total. The van der Waals surface area contributed by atoms with Crippen molar-refractivity contribution in [3.05, 3.63) is 59.7 Å². The molecule has 2 rings (SSSR count). The highest BCUT2D eigenvalue weighted by atomic mass is 19.4. The van der Waals surface area contributed by atoms with E-state index in [0.717, 1.165) is 11.8 Å². The molecule has 0 unspecified atom stereocenters. The van der Waals surface area contributed by atoms with Gasteiger partial charge in [0.25, 0.3) is 5.91 Å². The molecule has 0 fully saturated rings. The molecule has 0 atom stereocenters. The molecular formula is C19H19F3N2O4. The highest BCUT2D eigenvalue weighted by Gasteiger charge is 2.32. The van der Waals surface area contributed by atoms with Gasteiger partial charge >= 0.3 is 12.3 Å². The zero-order chi connectivity index (χ0) is 20.7. The second kappa shape index (κ2) is 9.12. The number of anilines is 1. The molecule has 0 saturated carbocycles. The van der Waals surface area contributed by atoms with Crippen LogP contribution in [0.4, 0.5) is 18.9 Å². The first kappa shape index (κ1) is 21.1. The summed E-state index contributed by atoms with van der Waals surface area (Å²) in [6, 6.07) is 12.0. The Hall–Kier alpha value is -3.23. The summed E-state index contributed by atoms with van der Waals surface area (Å²) in [7, 11) is 3.71. The van der Waals surface area contributed by atoms with Crippen molar-refractivity contribution in [1.82, 2.24) is 5.32 Å². The van der Waals surface area contributed by atoms with Gasteiger partial charge in [-0.25, -0.2) is 4.79 Å². The maximum Gasteiger partial charge on any atom is 0.573 e. The summed E-state index contributed by atoms with van der Waals surface area (Å²) in [5.41, 5.74) is 1.31. The third-order valence-electron chi connectivity index (χ3n) is 3.63. The largest absolute Gasteiger partial charge is 0.573 e. The number of carbonyl (C=O) groups excluding carboxylic acids is 2. The van der Waals surface area contributed by atoms with Crippen LogP contribution >= 0.6 is 0 Å². The molecule has 0 aliphatic carbocycles. The molecule has 2 aromatic rings. The average molecular weight is 396 g/mol. The van der Waals surface area contributed by atoms with Gasteiger partial charge in [-0.2, -0.15) is 0 Å². The minimum absolute atomic E-state index is 0.138. The van der Waals surface area contributed by atoms with Crippen LogP contribution in [0.5, 0.6) is 5.75 Å². The first-order chi connectivity index (χ1) is 13.2. The summed E-state index contributed by atoms with van der Waals surface area (Å²) in [6.45, 7) is -0.767. The van der Waals surface area contributed by atoms with Crippen LogP contribution in [0.1, 0.15) is 15.9 Å². The minimum atomic E-state index is -4.84. The number of ether oxygens (including phenoxy) is 2. The molecule has 0 bridgehead atoms. The molecule has 0 heterocycles. The maximum absolute atomic E-state index is 12.4. The normalized spacial score (nSPS) is 10.9. The van der Waals surface area contributed by atoms with Crippen molar-refractivity contribution in [1.29, 1.82) is 0 Å². The molecule has 0 saturated heterocycles. The fraction of sp³-hybridized carbons (Fsp3) is 0.263. The molecule has 150 valence electrons. The van der Waals surface area contributed by atoms with Gasteiger partial charge in [0.1, 0.15) is 5.75 Å². The van der Waals surface area contributed by atoms with Crippen molar-refractivity contribution in [2.45, 2.75) is 12.9 Å². The van der Waals surface area contributed by atoms with Crippen LogP contribution in [0.15, 0.2) is 48.5 Å². The van der Waals surface area contributed by atoms with Crippen molar-refractivity contribution in [3.63, 3.8) is 0 Å². The zero-order valence-electron chi connectivity index (χ0n) is 15.2. The molecule has 1 amide bonds. The van der Waals surface area contributed by atoms with E-state index >= 15 is 0 Å². The SMILES string of the molecule is CN(C)c1ccc(C(=O)OCC(=O)NCc2ccccc2OC(F)(F)F)cc1. The van der Waals surface area contributed by atoms with E-state index in [1.54, 1.807) is 24.3 Å². The lowest BCUT2D eigenvalue weighted by atomic mass is 10.2. The second-order valence-electron chi connectivity index (χ2n) is 5.95. The molecule has 0 radical (unpaired) electrons. The van der Waals surface area contributed by atoms with E-state index in [4.69, 9.17) is 4.74 Å². The third-order valence-corrected chi connectivity index (χ3v) is 3.63. The number of nitrogens with zero attached hydrogens (tertiary/aromatic N) is 1. The predicted octanol–water partition coefficient (Wildman–Crippen LogP) is 3.12. The standard InChI is InChI=1S/C19H19F3N2O4/c1-24(2)15-9-7-13(8-10-15)18(26)27-12-17(25)23-11-14-5-3-4-6-16(14)28-19(20,21)22/h3-10H,11-12H2,1-2H3,(H,23,25). The molecule has 0 aliphatic rings. The van der Waals surface area contributed by atoms with Gasteiger partial charge in [-0.1, -0.05) is 18.2 Å². The number of halogens is 3. The molecule has 9 heteroatoms. The highest BCUT2D eigenvalue weighted by Crippen LogP contribution is 2.26. The van der Waals surface area contributed by atoms with Gasteiger partial charge in [-0.15, -0.1) is 13.2 Å².